The van der Waals surface area contributed by atoms with Crippen LogP contribution in [0.2, 0.25) is 0 Å². The number of aromatic nitrogens is 2. The van der Waals surface area contributed by atoms with E-state index in [1.165, 1.54) is 39.1 Å². The van der Waals surface area contributed by atoms with Gasteiger partial charge in [0.05, 0.1) is 18.2 Å². The van der Waals surface area contributed by atoms with Gasteiger partial charge >= 0.3 is 5.82 Å². The fourth-order valence-corrected chi connectivity index (χ4v) is 3.87. The fraction of sp³-hybridized carbons (Fsp3) is 0.273. The topological polar surface area (TPSA) is 16.8 Å². The van der Waals surface area contributed by atoms with Crippen LogP contribution in [0.5, 0.6) is 0 Å². The van der Waals surface area contributed by atoms with Gasteiger partial charge in [-0.3, -0.25) is 0 Å². The molecular formula is C22H23N2+. The van der Waals surface area contributed by atoms with Gasteiger partial charge in [-0.15, -0.1) is 0 Å². The number of fused-ring (bicyclic) bond motifs is 3. The zero-order valence-electron chi connectivity index (χ0n) is 14.8. The van der Waals surface area contributed by atoms with Crippen molar-refractivity contribution in [2.45, 2.75) is 33.1 Å². The highest BCUT2D eigenvalue weighted by Crippen LogP contribution is 2.39. The molecule has 3 aromatic rings. The molecule has 24 heavy (non-hydrogen) atoms. The molecule has 0 saturated carbocycles. The van der Waals surface area contributed by atoms with Crippen LogP contribution in [-0.4, -0.2) is 4.98 Å². The maximum atomic E-state index is 4.82. The summed E-state index contributed by atoms with van der Waals surface area (Å²) >= 11 is 0. The van der Waals surface area contributed by atoms with E-state index < -0.39 is 0 Å². The second-order valence-electron chi connectivity index (χ2n) is 7.02. The van der Waals surface area contributed by atoms with Gasteiger partial charge in [0.25, 0.3) is 0 Å². The number of nitrogens with zero attached hydrogens (tertiary/aromatic N) is 2. The predicted molar refractivity (Wildman–Crippen MR) is 97.9 cm³/mol. The smallest absolute Gasteiger partial charge is 0.229 e. The monoisotopic (exact) mass is 315 g/mol. The first-order chi connectivity index (χ1) is 11.6. The second kappa shape index (κ2) is 5.55. The van der Waals surface area contributed by atoms with Crippen LogP contribution in [0, 0.1) is 6.92 Å². The molecule has 1 heterocycles. The van der Waals surface area contributed by atoms with Crippen molar-refractivity contribution in [3.63, 3.8) is 0 Å². The first-order valence-electron chi connectivity index (χ1n) is 8.64. The Morgan fingerprint density at radius 1 is 0.958 bits per heavy atom. The Morgan fingerprint density at radius 3 is 2.46 bits per heavy atom. The van der Waals surface area contributed by atoms with Gasteiger partial charge in [0.2, 0.25) is 0 Å². The first kappa shape index (κ1) is 15.1. The minimum atomic E-state index is 0.545. The molecule has 0 fully saturated rings. The third-order valence-electron chi connectivity index (χ3n) is 5.20. The van der Waals surface area contributed by atoms with Crippen LogP contribution in [0.1, 0.15) is 42.1 Å². The highest BCUT2D eigenvalue weighted by molar-refractivity contribution is 5.76. The van der Waals surface area contributed by atoms with E-state index in [0.29, 0.717) is 5.92 Å². The fourth-order valence-electron chi connectivity index (χ4n) is 3.87. The van der Waals surface area contributed by atoms with Crippen molar-refractivity contribution in [2.75, 3.05) is 0 Å². The van der Waals surface area contributed by atoms with Crippen LogP contribution < -0.4 is 4.57 Å². The average molecular weight is 315 g/mol. The maximum absolute atomic E-state index is 4.82. The van der Waals surface area contributed by atoms with Crippen LogP contribution in [-0.2, 0) is 13.5 Å². The van der Waals surface area contributed by atoms with Crippen molar-refractivity contribution >= 4 is 0 Å². The van der Waals surface area contributed by atoms with E-state index in [0.717, 1.165) is 12.2 Å². The zero-order valence-corrected chi connectivity index (χ0v) is 14.8. The van der Waals surface area contributed by atoms with Gasteiger partial charge in [0, 0.05) is 6.42 Å². The van der Waals surface area contributed by atoms with Gasteiger partial charge in [-0.05, 0) is 46.1 Å². The van der Waals surface area contributed by atoms with Gasteiger partial charge in [-0.25, -0.2) is 4.57 Å². The van der Waals surface area contributed by atoms with Crippen molar-refractivity contribution in [2.24, 2.45) is 7.05 Å². The largest absolute Gasteiger partial charge is 0.330 e. The minimum Gasteiger partial charge on any atom is -0.229 e. The second-order valence-corrected chi connectivity index (χ2v) is 7.02. The average Bonchev–Trinajstić information content (AvgIpc) is 2.95. The lowest BCUT2D eigenvalue weighted by atomic mass is 9.94. The summed E-state index contributed by atoms with van der Waals surface area (Å²) in [6, 6.07) is 15.2. The summed E-state index contributed by atoms with van der Waals surface area (Å²) in [4.78, 5) is 4.82. The summed E-state index contributed by atoms with van der Waals surface area (Å²) in [5, 5.41) is 0. The van der Waals surface area contributed by atoms with Gasteiger partial charge in [0.15, 0.2) is 6.20 Å². The van der Waals surface area contributed by atoms with Gasteiger partial charge in [0.1, 0.15) is 5.69 Å². The summed E-state index contributed by atoms with van der Waals surface area (Å²) < 4.78 is 2.28. The van der Waals surface area contributed by atoms with Crippen molar-refractivity contribution < 1.29 is 4.57 Å². The van der Waals surface area contributed by atoms with E-state index in [1.54, 1.807) is 0 Å². The molecule has 0 radical (unpaired) electrons. The standard InChI is InChI=1S/C22H23N2/c1-14(2)16-10-7-11-18-19(16)12-21-20(18)13-23-22(24(21)4)17-9-6-5-8-15(17)3/h5-11,13-14H,12H2,1-4H3/q+1. The molecular weight excluding hydrogens is 292 g/mol. The molecule has 0 atom stereocenters. The molecule has 0 saturated heterocycles. The Kier molecular flexibility index (Phi) is 3.49. The number of benzene rings is 2. The van der Waals surface area contributed by atoms with Crippen LogP contribution >= 0.6 is 0 Å². The van der Waals surface area contributed by atoms with Gasteiger partial charge in [-0.1, -0.05) is 50.2 Å². The summed E-state index contributed by atoms with van der Waals surface area (Å²) in [6.45, 7) is 6.70. The Bertz CT molecular complexity index is 939. The molecule has 0 spiro atoms. The van der Waals surface area contributed by atoms with Crippen molar-refractivity contribution in [1.29, 1.82) is 0 Å². The number of rotatable bonds is 2. The zero-order chi connectivity index (χ0) is 16.8. The lowest BCUT2D eigenvalue weighted by Gasteiger charge is -2.10. The van der Waals surface area contributed by atoms with Crippen molar-refractivity contribution in [1.82, 2.24) is 4.98 Å². The van der Waals surface area contributed by atoms with Crippen LogP contribution in [0.15, 0.2) is 48.7 Å². The molecule has 0 aliphatic heterocycles. The van der Waals surface area contributed by atoms with Gasteiger partial charge < -0.3 is 0 Å². The van der Waals surface area contributed by atoms with E-state index >= 15 is 0 Å². The molecule has 120 valence electrons. The minimum absolute atomic E-state index is 0.545. The number of hydrogen-bond donors (Lipinski definition) is 0. The molecule has 0 N–H and O–H groups in total. The molecule has 1 aliphatic rings. The molecule has 2 nitrogen and oxygen atoms in total. The van der Waals surface area contributed by atoms with Crippen LogP contribution in [0.4, 0.5) is 0 Å². The van der Waals surface area contributed by atoms with E-state index in [9.17, 15) is 0 Å². The molecule has 0 bridgehead atoms. The quantitative estimate of drug-likeness (QED) is 0.495. The SMILES string of the molecule is Cc1ccccc1-c1ncc2c([n+]1C)Cc1c-2cccc1C(C)C. The first-order valence-corrected chi connectivity index (χ1v) is 8.64. The summed E-state index contributed by atoms with van der Waals surface area (Å²) in [5.74, 6) is 1.59. The molecule has 2 aromatic carbocycles. The maximum Gasteiger partial charge on any atom is 0.330 e. The third-order valence-corrected chi connectivity index (χ3v) is 5.20. The van der Waals surface area contributed by atoms with Crippen molar-refractivity contribution in [3.05, 3.63) is 71.0 Å². The summed E-state index contributed by atoms with van der Waals surface area (Å²) in [6.07, 6.45) is 3.06. The van der Waals surface area contributed by atoms with E-state index in [2.05, 4.69) is 81.0 Å². The predicted octanol–water partition coefficient (Wildman–Crippen LogP) is 4.58. The Morgan fingerprint density at radius 2 is 1.71 bits per heavy atom. The number of hydrogen-bond acceptors (Lipinski definition) is 1. The van der Waals surface area contributed by atoms with Crippen LogP contribution in [0.3, 0.4) is 0 Å². The summed E-state index contributed by atoms with van der Waals surface area (Å²) in [7, 11) is 2.15. The Labute approximate surface area is 143 Å². The lowest BCUT2D eigenvalue weighted by Crippen LogP contribution is -2.37. The highest BCUT2D eigenvalue weighted by atomic mass is 15.0. The van der Waals surface area contributed by atoms with Crippen molar-refractivity contribution in [3.8, 4) is 22.5 Å². The molecule has 1 aliphatic carbocycles. The Balaban J connectivity index is 1.90. The highest BCUT2D eigenvalue weighted by Gasteiger charge is 2.30. The molecule has 0 unspecified atom stereocenters. The third kappa shape index (κ3) is 2.17. The van der Waals surface area contributed by atoms with Gasteiger partial charge in [-0.2, -0.15) is 0 Å². The molecule has 2 heteroatoms. The normalized spacial score (nSPS) is 12.4. The molecule has 0 amide bonds. The molecule has 4 rings (SSSR count). The van der Waals surface area contributed by atoms with E-state index in [4.69, 9.17) is 4.98 Å². The Hall–Kier alpha value is -2.48. The van der Waals surface area contributed by atoms with E-state index in [-0.39, 0.29) is 0 Å². The molecule has 1 aromatic heterocycles. The van der Waals surface area contributed by atoms with E-state index in [1.807, 2.05) is 0 Å². The summed E-state index contributed by atoms with van der Waals surface area (Å²) in [5.41, 5.74) is 9.42. The van der Waals surface area contributed by atoms with Crippen LogP contribution in [0.25, 0.3) is 22.5 Å². The number of aryl methyl sites for hydroxylation is 1. The lowest BCUT2D eigenvalue weighted by molar-refractivity contribution is -0.669.